The van der Waals surface area contributed by atoms with E-state index < -0.39 is 0 Å². The summed E-state index contributed by atoms with van der Waals surface area (Å²) in [6, 6.07) is 21.4. The Kier molecular flexibility index (Phi) is 6.86. The Morgan fingerprint density at radius 2 is 1.55 bits per heavy atom. The first kappa shape index (κ1) is 20.4. The smallest absolute Gasteiger partial charge is 0.331 e. The van der Waals surface area contributed by atoms with Crippen molar-refractivity contribution in [3.63, 3.8) is 0 Å². The van der Waals surface area contributed by atoms with Crippen LogP contribution in [0.4, 0.5) is 20.6 Å². The summed E-state index contributed by atoms with van der Waals surface area (Å²) in [5.74, 6) is -0.498. The van der Waals surface area contributed by atoms with Crippen LogP contribution in [0, 0.1) is 5.82 Å². The van der Waals surface area contributed by atoms with Crippen molar-refractivity contribution >= 4 is 36.1 Å². The molecule has 0 saturated heterocycles. The predicted octanol–water partition coefficient (Wildman–Crippen LogP) is 4.68. The monoisotopic (exact) mass is 409 g/mol. The summed E-state index contributed by atoms with van der Waals surface area (Å²) >= 11 is 4.23. The van der Waals surface area contributed by atoms with Gasteiger partial charge in [-0.15, -0.1) is 0 Å². The summed E-state index contributed by atoms with van der Waals surface area (Å²) < 4.78 is 14.1. The molecule has 0 unspecified atom stereocenters. The van der Waals surface area contributed by atoms with Crippen molar-refractivity contribution in [1.29, 1.82) is 0 Å². The second-order valence-electron chi connectivity index (χ2n) is 6.29. The molecule has 3 aromatic rings. The number of hydrogen-bond acceptors (Lipinski definition) is 3. The van der Waals surface area contributed by atoms with Gasteiger partial charge in [-0.05, 0) is 60.5 Å². The van der Waals surface area contributed by atoms with E-state index in [1.807, 2.05) is 6.07 Å². The first-order valence-electron chi connectivity index (χ1n) is 9.00. The van der Waals surface area contributed by atoms with Crippen LogP contribution in [0.15, 0.2) is 78.9 Å². The average Bonchev–Trinajstić information content (AvgIpc) is 2.75. The number of halogens is 1. The average molecular weight is 409 g/mol. The standard InChI is InChI=1S/C22H20FN3O2S/c23-18-8-6-16(7-9-18)14-15-24-22(28)26(29)20-12-10-19(11-13-20)25-21(27)17-4-2-1-3-5-17/h1-13,29H,14-15H2,(H,24,28)(H,25,27). The maximum Gasteiger partial charge on any atom is 0.331 e. The molecule has 5 nitrogen and oxygen atoms in total. The number of carbonyl (C=O) groups excluding carboxylic acids is 2. The Labute approximate surface area is 174 Å². The second-order valence-corrected chi connectivity index (χ2v) is 6.69. The number of urea groups is 1. The van der Waals surface area contributed by atoms with Gasteiger partial charge in [0.2, 0.25) is 0 Å². The minimum atomic E-state index is -0.378. The van der Waals surface area contributed by atoms with Gasteiger partial charge in [0.1, 0.15) is 5.82 Å². The fourth-order valence-corrected chi connectivity index (χ4v) is 2.84. The third kappa shape index (κ3) is 5.83. The maximum absolute atomic E-state index is 12.9. The molecule has 0 spiro atoms. The molecular formula is C22H20FN3O2S. The lowest BCUT2D eigenvalue weighted by molar-refractivity contribution is 0.102. The molecule has 7 heteroatoms. The minimum absolute atomic E-state index is 0.209. The first-order valence-corrected chi connectivity index (χ1v) is 9.40. The highest BCUT2D eigenvalue weighted by molar-refractivity contribution is 7.82. The van der Waals surface area contributed by atoms with Crippen molar-refractivity contribution in [2.45, 2.75) is 6.42 Å². The van der Waals surface area contributed by atoms with Crippen molar-refractivity contribution in [1.82, 2.24) is 5.32 Å². The third-order valence-electron chi connectivity index (χ3n) is 4.20. The summed E-state index contributed by atoms with van der Waals surface area (Å²) in [6.07, 6.45) is 0.581. The number of nitrogens with one attached hydrogen (secondary N) is 2. The van der Waals surface area contributed by atoms with Gasteiger partial charge < -0.3 is 10.6 Å². The highest BCUT2D eigenvalue weighted by Crippen LogP contribution is 2.20. The van der Waals surface area contributed by atoms with Crippen LogP contribution in [-0.4, -0.2) is 18.5 Å². The van der Waals surface area contributed by atoms with Crippen LogP contribution in [0.2, 0.25) is 0 Å². The number of amides is 3. The second kappa shape index (κ2) is 9.75. The van der Waals surface area contributed by atoms with E-state index in [1.54, 1.807) is 60.7 Å². The number of hydrogen-bond donors (Lipinski definition) is 3. The fraction of sp³-hybridized carbons (Fsp3) is 0.0909. The van der Waals surface area contributed by atoms with E-state index in [4.69, 9.17) is 0 Å². The van der Waals surface area contributed by atoms with Crippen LogP contribution >= 0.6 is 12.8 Å². The van der Waals surface area contributed by atoms with Gasteiger partial charge >= 0.3 is 6.03 Å². The van der Waals surface area contributed by atoms with Crippen molar-refractivity contribution in [3.8, 4) is 0 Å². The molecule has 0 aliphatic rings. The zero-order valence-electron chi connectivity index (χ0n) is 15.5. The topological polar surface area (TPSA) is 61.4 Å². The first-order chi connectivity index (χ1) is 14.0. The van der Waals surface area contributed by atoms with Gasteiger partial charge in [0, 0.05) is 17.8 Å². The van der Waals surface area contributed by atoms with Gasteiger partial charge in [0.15, 0.2) is 0 Å². The molecule has 0 aromatic heterocycles. The van der Waals surface area contributed by atoms with Gasteiger partial charge in [-0.1, -0.05) is 43.1 Å². The van der Waals surface area contributed by atoms with E-state index in [0.29, 0.717) is 29.9 Å². The number of thiol groups is 1. The molecule has 0 radical (unpaired) electrons. The number of carbonyl (C=O) groups is 2. The third-order valence-corrected chi connectivity index (χ3v) is 4.61. The molecule has 148 valence electrons. The fourth-order valence-electron chi connectivity index (χ4n) is 2.64. The lowest BCUT2D eigenvalue weighted by Gasteiger charge is -2.17. The molecule has 0 aliphatic carbocycles. The van der Waals surface area contributed by atoms with Gasteiger partial charge in [0.25, 0.3) is 5.91 Å². The molecular weight excluding hydrogens is 389 g/mol. The molecule has 3 amide bonds. The Balaban J connectivity index is 1.51. The van der Waals surface area contributed by atoms with Crippen molar-refractivity contribution in [2.24, 2.45) is 0 Å². The van der Waals surface area contributed by atoms with Crippen molar-refractivity contribution < 1.29 is 14.0 Å². The Hall–Kier alpha value is -3.32. The molecule has 3 rings (SSSR count). The van der Waals surface area contributed by atoms with E-state index >= 15 is 0 Å². The van der Waals surface area contributed by atoms with Crippen molar-refractivity contribution in [3.05, 3.63) is 95.8 Å². The lowest BCUT2D eigenvalue weighted by Crippen LogP contribution is -2.35. The number of rotatable bonds is 6. The Bertz CT molecular complexity index is 964. The lowest BCUT2D eigenvalue weighted by atomic mass is 10.1. The van der Waals surface area contributed by atoms with Crippen molar-refractivity contribution in [2.75, 3.05) is 16.2 Å². The molecule has 0 heterocycles. The van der Waals surface area contributed by atoms with Gasteiger partial charge in [-0.2, -0.15) is 0 Å². The predicted molar refractivity (Wildman–Crippen MR) is 116 cm³/mol. The van der Waals surface area contributed by atoms with Gasteiger partial charge in [-0.25, -0.2) is 13.5 Å². The molecule has 3 aromatic carbocycles. The van der Waals surface area contributed by atoms with E-state index in [2.05, 4.69) is 23.4 Å². The number of nitrogens with zero attached hydrogens (tertiary/aromatic N) is 1. The minimum Gasteiger partial charge on any atom is -0.337 e. The van der Waals surface area contributed by atoms with Crippen LogP contribution in [0.1, 0.15) is 15.9 Å². The van der Waals surface area contributed by atoms with E-state index in [-0.39, 0.29) is 17.8 Å². The van der Waals surface area contributed by atoms with Crippen LogP contribution < -0.4 is 14.9 Å². The summed E-state index contributed by atoms with van der Waals surface area (Å²) in [4.78, 5) is 24.4. The summed E-state index contributed by atoms with van der Waals surface area (Å²) in [5.41, 5.74) is 2.66. The zero-order chi connectivity index (χ0) is 20.6. The molecule has 0 bridgehead atoms. The van der Waals surface area contributed by atoms with Crippen LogP contribution in [0.25, 0.3) is 0 Å². The van der Waals surface area contributed by atoms with Gasteiger partial charge in [-0.3, -0.25) is 4.79 Å². The maximum atomic E-state index is 12.9. The van der Waals surface area contributed by atoms with E-state index in [0.717, 1.165) is 5.56 Å². The molecule has 2 N–H and O–H groups in total. The Morgan fingerprint density at radius 3 is 2.21 bits per heavy atom. The Morgan fingerprint density at radius 1 is 0.897 bits per heavy atom. The van der Waals surface area contributed by atoms with Crippen LogP contribution in [0.5, 0.6) is 0 Å². The molecule has 29 heavy (non-hydrogen) atoms. The molecule has 0 fully saturated rings. The number of anilines is 2. The summed E-state index contributed by atoms with van der Waals surface area (Å²) in [6.45, 7) is 0.396. The quantitative estimate of drug-likeness (QED) is 0.518. The van der Waals surface area contributed by atoms with E-state index in [1.165, 1.54) is 16.4 Å². The zero-order valence-corrected chi connectivity index (χ0v) is 16.4. The van der Waals surface area contributed by atoms with E-state index in [9.17, 15) is 14.0 Å². The van der Waals surface area contributed by atoms with Crippen LogP contribution in [-0.2, 0) is 6.42 Å². The van der Waals surface area contributed by atoms with Gasteiger partial charge in [0.05, 0.1) is 5.69 Å². The summed E-state index contributed by atoms with van der Waals surface area (Å²) in [7, 11) is 0. The SMILES string of the molecule is O=C(Nc1ccc(N(S)C(=O)NCCc2ccc(F)cc2)cc1)c1ccccc1. The largest absolute Gasteiger partial charge is 0.337 e. The number of benzene rings is 3. The van der Waals surface area contributed by atoms with Crippen LogP contribution in [0.3, 0.4) is 0 Å². The highest BCUT2D eigenvalue weighted by atomic mass is 32.1. The molecule has 0 saturated carbocycles. The molecule has 0 atom stereocenters. The highest BCUT2D eigenvalue weighted by Gasteiger charge is 2.12. The molecule has 0 aliphatic heterocycles. The summed E-state index contributed by atoms with van der Waals surface area (Å²) in [5, 5.41) is 5.56. The normalized spacial score (nSPS) is 10.3.